The number of ether oxygens (including phenoxy) is 1. The van der Waals surface area contributed by atoms with Gasteiger partial charge in [-0.1, -0.05) is 71.8 Å². The van der Waals surface area contributed by atoms with Crippen molar-refractivity contribution in [3.8, 4) is 5.75 Å². The Hall–Kier alpha value is -1.70. The monoisotopic (exact) mass is 442 g/mol. The van der Waals surface area contributed by atoms with E-state index >= 15 is 0 Å². The van der Waals surface area contributed by atoms with E-state index in [1.165, 1.54) is 44.5 Å². The summed E-state index contributed by atoms with van der Waals surface area (Å²) in [5.74, 6) is 0.967. The van der Waals surface area contributed by atoms with Crippen LogP contribution in [-0.4, -0.2) is 0 Å². The third-order valence-corrected chi connectivity index (χ3v) is 5.39. The van der Waals surface area contributed by atoms with Crippen LogP contribution in [0.4, 0.5) is 0 Å². The third kappa shape index (κ3) is 4.02. The van der Waals surface area contributed by atoms with Crippen molar-refractivity contribution in [3.05, 3.63) is 107 Å². The van der Waals surface area contributed by atoms with E-state index in [1.807, 2.05) is 0 Å². The van der Waals surface area contributed by atoms with Gasteiger partial charge in [0.25, 0.3) is 0 Å². The maximum atomic E-state index is 6.57. The van der Waals surface area contributed by atoms with Gasteiger partial charge < -0.3 is 11.7 Å². The molecule has 1 heterocycles. The molecule has 0 N–H and O–H groups in total. The van der Waals surface area contributed by atoms with Crippen LogP contribution in [-0.2, 0) is 39.1 Å². The summed E-state index contributed by atoms with van der Waals surface area (Å²) in [5, 5.41) is 0. The molecule has 0 bridgehead atoms. The van der Waals surface area contributed by atoms with Crippen molar-refractivity contribution in [2.24, 2.45) is 0 Å². The van der Waals surface area contributed by atoms with Gasteiger partial charge in [0.2, 0.25) is 0 Å². The third-order valence-electron chi connectivity index (χ3n) is 5.39. The second kappa shape index (κ2) is 8.76. The minimum atomic E-state index is -0.110. The normalized spacial score (nSPS) is 15.5. The van der Waals surface area contributed by atoms with Gasteiger partial charge in [0, 0.05) is 43.8 Å². The summed E-state index contributed by atoms with van der Waals surface area (Å²) in [7, 11) is 0. The molecule has 0 amide bonds. The van der Waals surface area contributed by atoms with Crippen LogP contribution in [0.15, 0.2) is 66.7 Å². The van der Waals surface area contributed by atoms with Crippen LogP contribution in [0, 0.1) is 20.8 Å². The summed E-state index contributed by atoms with van der Waals surface area (Å²) in [5.41, 5.74) is 9.82. The Labute approximate surface area is 193 Å². The Bertz CT molecular complexity index is 998. The molecule has 0 aliphatic carbocycles. The Kier molecular flexibility index (Phi) is 6.58. The van der Waals surface area contributed by atoms with Gasteiger partial charge in [-0.15, -0.1) is 0 Å². The first kappa shape index (κ1) is 21.0. The van der Waals surface area contributed by atoms with Crippen molar-refractivity contribution in [2.75, 3.05) is 0 Å². The van der Waals surface area contributed by atoms with Gasteiger partial charge in [-0.3, -0.25) is 0 Å². The van der Waals surface area contributed by atoms with Crippen LogP contribution in [0.5, 0.6) is 5.75 Å². The average molecular weight is 442 g/mol. The molecular weight excluding hydrogens is 417 g/mol. The summed E-state index contributed by atoms with van der Waals surface area (Å²) in [4.78, 5) is 0. The van der Waals surface area contributed by atoms with Crippen LogP contribution in [0.1, 0.15) is 46.4 Å². The minimum Gasteiger partial charge on any atom is -0.480 e. The van der Waals surface area contributed by atoms with Gasteiger partial charge in [-0.05, 0) is 49.1 Å². The molecule has 4 rings (SSSR count). The second-order valence-corrected chi connectivity index (χ2v) is 7.39. The molecule has 1 unspecified atom stereocenters. The van der Waals surface area contributed by atoms with Crippen molar-refractivity contribution < 1.29 is 37.4 Å². The zero-order chi connectivity index (χ0) is 19.0. The summed E-state index contributed by atoms with van der Waals surface area (Å²) in [6, 6.07) is 23.9. The Morgan fingerprint density at radius 2 is 1.46 bits per heavy atom. The Morgan fingerprint density at radius 3 is 2.11 bits per heavy atom. The Balaban J connectivity index is 0.00000225. The second-order valence-electron chi connectivity index (χ2n) is 7.39. The van der Waals surface area contributed by atoms with Gasteiger partial charge in [0.05, 0.1) is 0 Å². The Morgan fingerprint density at radius 1 is 0.821 bits per heavy atom. The molecule has 1 aliphatic rings. The van der Waals surface area contributed by atoms with Gasteiger partial charge >= 0.3 is 0 Å². The molecule has 0 spiro atoms. The van der Waals surface area contributed by atoms with E-state index < -0.39 is 0 Å². The molecule has 1 radical (unpaired) electrons. The number of benzene rings is 3. The topological polar surface area (TPSA) is 9.23 Å². The molecule has 139 valence electrons. The van der Waals surface area contributed by atoms with Crippen LogP contribution in [0.25, 0.3) is 11.1 Å². The van der Waals surface area contributed by atoms with Crippen molar-refractivity contribution in [2.45, 2.75) is 33.3 Å². The number of hydrogen-bond donors (Lipinski definition) is 0. The predicted molar refractivity (Wildman–Crippen MR) is 114 cm³/mol. The number of rotatable bonds is 3. The van der Waals surface area contributed by atoms with E-state index in [2.05, 4.69) is 94.4 Å². The van der Waals surface area contributed by atoms with E-state index in [4.69, 9.17) is 4.74 Å². The van der Waals surface area contributed by atoms with Crippen LogP contribution in [0.2, 0.25) is 0 Å². The van der Waals surface area contributed by atoms with Crippen LogP contribution < -0.4 is 4.74 Å². The number of aryl methyl sites for hydroxylation is 2. The first-order valence-electron chi connectivity index (χ1n) is 9.50. The van der Waals surface area contributed by atoms with Crippen LogP contribution in [0.3, 0.4) is 0 Å². The molecule has 3 aromatic rings. The SMILES string of the molecule is [CH2-]Cc1ccc(C2Oc3cc(C)ccc3C(C)=C2c2ccc(C)cc2)cc1.[Y]. The molecule has 1 nitrogen and oxygen atoms in total. The van der Waals surface area contributed by atoms with E-state index in [9.17, 15) is 0 Å². The molecule has 0 fully saturated rings. The summed E-state index contributed by atoms with van der Waals surface area (Å²) in [6.45, 7) is 10.4. The number of hydrogen-bond acceptors (Lipinski definition) is 1. The molecule has 28 heavy (non-hydrogen) atoms. The zero-order valence-corrected chi connectivity index (χ0v) is 19.7. The fourth-order valence-corrected chi connectivity index (χ4v) is 3.76. The largest absolute Gasteiger partial charge is 0.480 e. The maximum Gasteiger partial charge on any atom is 0.150 e. The number of allylic oxidation sites excluding steroid dienone is 1. The average Bonchev–Trinajstić information content (AvgIpc) is 2.68. The van der Waals surface area contributed by atoms with Gasteiger partial charge in [-0.25, -0.2) is 0 Å². The molecule has 2 heteroatoms. The first-order chi connectivity index (χ1) is 13.1. The smallest absolute Gasteiger partial charge is 0.150 e. The van der Waals surface area contributed by atoms with Gasteiger partial charge in [0.1, 0.15) is 11.9 Å². The van der Waals surface area contributed by atoms with E-state index in [1.54, 1.807) is 0 Å². The summed E-state index contributed by atoms with van der Waals surface area (Å²) < 4.78 is 6.57. The van der Waals surface area contributed by atoms with Crippen molar-refractivity contribution in [1.82, 2.24) is 0 Å². The molecule has 0 saturated heterocycles. The van der Waals surface area contributed by atoms with Gasteiger partial charge in [-0.2, -0.15) is 6.42 Å². The molecule has 0 aromatic heterocycles. The standard InChI is InChI=1S/C26H25O.Y/c1-5-20-9-13-22(14-10-20)26-25(21-11-6-17(2)7-12-21)19(4)23-15-8-18(3)16-24(23)27-26;/h6-16,26H,1,5H2,2-4H3;/q-1;. The molecule has 3 aromatic carbocycles. The van der Waals surface area contributed by atoms with E-state index in [-0.39, 0.29) is 38.8 Å². The van der Waals surface area contributed by atoms with Crippen molar-refractivity contribution >= 4 is 11.1 Å². The van der Waals surface area contributed by atoms with Crippen molar-refractivity contribution in [3.63, 3.8) is 0 Å². The molecular formula is C26H25OY-. The fourth-order valence-electron chi connectivity index (χ4n) is 3.76. The predicted octanol–water partition coefficient (Wildman–Crippen LogP) is 6.74. The van der Waals surface area contributed by atoms with Gasteiger partial charge in [0.15, 0.2) is 0 Å². The van der Waals surface area contributed by atoms with E-state index in [0.717, 1.165) is 12.2 Å². The molecule has 1 atom stereocenters. The van der Waals surface area contributed by atoms with Crippen molar-refractivity contribution in [1.29, 1.82) is 0 Å². The summed E-state index contributed by atoms with van der Waals surface area (Å²) in [6.07, 6.45) is 0.689. The van der Waals surface area contributed by atoms with E-state index in [0.29, 0.717) is 0 Å². The summed E-state index contributed by atoms with van der Waals surface area (Å²) >= 11 is 0. The zero-order valence-electron chi connectivity index (χ0n) is 16.8. The molecule has 0 saturated carbocycles. The first-order valence-corrected chi connectivity index (χ1v) is 9.50. The molecule has 1 aliphatic heterocycles. The number of fused-ring (bicyclic) bond motifs is 1. The maximum absolute atomic E-state index is 6.57. The minimum absolute atomic E-state index is 0. The fraction of sp³-hybridized carbons (Fsp3) is 0.192. The van der Waals surface area contributed by atoms with Crippen LogP contribution >= 0.6 is 0 Å². The quantitative estimate of drug-likeness (QED) is 0.408.